The molecule has 2 saturated heterocycles. The van der Waals surface area contributed by atoms with Crippen molar-refractivity contribution in [2.45, 2.75) is 6.92 Å². The first-order chi connectivity index (χ1) is 10.7. The van der Waals surface area contributed by atoms with Gasteiger partial charge in [-0.25, -0.2) is 9.97 Å². The van der Waals surface area contributed by atoms with E-state index in [4.69, 9.17) is 0 Å². The summed E-state index contributed by atoms with van der Waals surface area (Å²) < 4.78 is 3.77. The zero-order valence-electron chi connectivity index (χ0n) is 12.2. The van der Waals surface area contributed by atoms with Gasteiger partial charge in [0.05, 0.1) is 0 Å². The molecule has 0 bridgehead atoms. The van der Waals surface area contributed by atoms with Crippen molar-refractivity contribution >= 4 is 23.3 Å². The zero-order valence-corrected chi connectivity index (χ0v) is 13.0. The third kappa shape index (κ3) is 2.33. The van der Waals surface area contributed by atoms with Gasteiger partial charge in [-0.05, 0) is 18.5 Å². The van der Waals surface area contributed by atoms with Gasteiger partial charge in [-0.2, -0.15) is 0 Å². The number of anilines is 1. The Morgan fingerprint density at radius 1 is 1.23 bits per heavy atom. The number of hydrogen-bond acceptors (Lipinski definition) is 7. The first-order valence-electron chi connectivity index (χ1n) is 7.30. The van der Waals surface area contributed by atoms with Gasteiger partial charge in [0.25, 0.3) is 5.91 Å². The summed E-state index contributed by atoms with van der Waals surface area (Å²) >= 11 is 1.22. The van der Waals surface area contributed by atoms with Crippen LogP contribution < -0.4 is 4.90 Å². The van der Waals surface area contributed by atoms with Crippen molar-refractivity contribution in [2.24, 2.45) is 11.8 Å². The maximum atomic E-state index is 12.3. The molecular weight excluding hydrogens is 300 g/mol. The number of amides is 1. The lowest BCUT2D eigenvalue weighted by atomic mass is 10.0. The van der Waals surface area contributed by atoms with Gasteiger partial charge in [-0.15, -0.1) is 5.10 Å². The number of aromatic nitrogens is 4. The Kier molecular flexibility index (Phi) is 3.25. The van der Waals surface area contributed by atoms with Crippen molar-refractivity contribution in [3.63, 3.8) is 0 Å². The smallest absolute Gasteiger partial charge is 0.275 e. The summed E-state index contributed by atoms with van der Waals surface area (Å²) in [6.45, 7) is 5.45. The normalized spacial score (nSPS) is 23.9. The maximum absolute atomic E-state index is 12.3. The fourth-order valence-corrected chi connectivity index (χ4v) is 3.81. The van der Waals surface area contributed by atoms with E-state index >= 15 is 0 Å². The highest BCUT2D eigenvalue weighted by Gasteiger charge is 2.42. The van der Waals surface area contributed by atoms with Gasteiger partial charge in [-0.1, -0.05) is 4.49 Å². The Morgan fingerprint density at radius 3 is 2.64 bits per heavy atom. The molecule has 8 heteroatoms. The molecule has 2 unspecified atom stereocenters. The molecule has 2 aliphatic rings. The van der Waals surface area contributed by atoms with E-state index in [0.717, 1.165) is 37.7 Å². The van der Waals surface area contributed by atoms with Gasteiger partial charge in [0.15, 0.2) is 5.69 Å². The molecule has 2 aliphatic heterocycles. The van der Waals surface area contributed by atoms with Crippen LogP contribution in [0, 0.1) is 18.8 Å². The van der Waals surface area contributed by atoms with Crippen LogP contribution in [0.2, 0.25) is 0 Å². The molecule has 0 aromatic carbocycles. The van der Waals surface area contributed by atoms with E-state index in [0.29, 0.717) is 17.5 Å². The minimum Gasteiger partial charge on any atom is -0.356 e. The van der Waals surface area contributed by atoms with Crippen molar-refractivity contribution < 1.29 is 4.79 Å². The second kappa shape index (κ2) is 5.28. The minimum absolute atomic E-state index is 0.00702. The van der Waals surface area contributed by atoms with E-state index in [1.165, 1.54) is 11.5 Å². The second-order valence-electron chi connectivity index (χ2n) is 5.94. The van der Waals surface area contributed by atoms with Gasteiger partial charge < -0.3 is 9.80 Å². The molecule has 7 nitrogen and oxygen atoms in total. The van der Waals surface area contributed by atoms with E-state index < -0.39 is 0 Å². The van der Waals surface area contributed by atoms with Crippen LogP contribution in [-0.2, 0) is 0 Å². The summed E-state index contributed by atoms with van der Waals surface area (Å²) in [7, 11) is 0. The van der Waals surface area contributed by atoms with Crippen molar-refractivity contribution in [3.8, 4) is 0 Å². The second-order valence-corrected chi connectivity index (χ2v) is 6.55. The predicted molar refractivity (Wildman–Crippen MR) is 81.8 cm³/mol. The number of carbonyl (C=O) groups excluding carboxylic acids is 1. The third-order valence-electron chi connectivity index (χ3n) is 4.47. The molecule has 22 heavy (non-hydrogen) atoms. The highest BCUT2D eigenvalue weighted by molar-refractivity contribution is 7.03. The summed E-state index contributed by atoms with van der Waals surface area (Å²) in [4.78, 5) is 25.1. The van der Waals surface area contributed by atoms with Crippen LogP contribution in [0.5, 0.6) is 0 Å². The van der Waals surface area contributed by atoms with Crippen LogP contribution in [-0.4, -0.2) is 56.5 Å². The number of aryl methyl sites for hydroxylation is 1. The number of hydrogen-bond donors (Lipinski definition) is 0. The molecule has 114 valence electrons. The highest BCUT2D eigenvalue weighted by Crippen LogP contribution is 2.33. The summed E-state index contributed by atoms with van der Waals surface area (Å²) in [5.74, 6) is 2.01. The molecule has 4 rings (SSSR count). The fourth-order valence-electron chi connectivity index (χ4n) is 3.38. The van der Waals surface area contributed by atoms with Gasteiger partial charge in [0.2, 0.25) is 0 Å². The quantitative estimate of drug-likeness (QED) is 0.817. The van der Waals surface area contributed by atoms with Crippen LogP contribution in [0.25, 0.3) is 0 Å². The van der Waals surface area contributed by atoms with Gasteiger partial charge in [0.1, 0.15) is 12.1 Å². The largest absolute Gasteiger partial charge is 0.356 e. The number of fused-ring (bicyclic) bond motifs is 1. The summed E-state index contributed by atoms with van der Waals surface area (Å²) in [5.41, 5.74) is 1.45. The van der Waals surface area contributed by atoms with Crippen LogP contribution in [0.4, 0.5) is 5.82 Å². The summed E-state index contributed by atoms with van der Waals surface area (Å²) in [6.07, 6.45) is 1.61. The minimum atomic E-state index is 0.00702. The maximum Gasteiger partial charge on any atom is 0.275 e. The fraction of sp³-hybridized carbons (Fsp3) is 0.500. The number of rotatable bonds is 2. The van der Waals surface area contributed by atoms with Gasteiger partial charge in [-0.3, -0.25) is 4.79 Å². The van der Waals surface area contributed by atoms with Crippen molar-refractivity contribution in [2.75, 3.05) is 31.1 Å². The topological polar surface area (TPSA) is 75.1 Å². The average molecular weight is 316 g/mol. The molecule has 2 aromatic rings. The summed E-state index contributed by atoms with van der Waals surface area (Å²) in [5, 5.41) is 5.59. The van der Waals surface area contributed by atoms with Crippen LogP contribution in [0.15, 0.2) is 17.8 Å². The van der Waals surface area contributed by atoms with Crippen LogP contribution in [0.1, 0.15) is 16.2 Å². The Bertz CT molecular complexity index is 676. The highest BCUT2D eigenvalue weighted by atomic mass is 32.1. The zero-order chi connectivity index (χ0) is 15.1. The number of carbonyl (C=O) groups is 1. The molecule has 1 amide bonds. The Balaban J connectivity index is 1.43. The molecule has 2 fully saturated rings. The van der Waals surface area contributed by atoms with Crippen LogP contribution >= 0.6 is 11.5 Å². The van der Waals surface area contributed by atoms with Crippen molar-refractivity contribution in [1.82, 2.24) is 24.5 Å². The first kappa shape index (κ1) is 13.6. The van der Waals surface area contributed by atoms with Crippen LogP contribution in [0.3, 0.4) is 0 Å². The van der Waals surface area contributed by atoms with E-state index in [2.05, 4.69) is 24.5 Å². The van der Waals surface area contributed by atoms with Crippen molar-refractivity contribution in [1.29, 1.82) is 0 Å². The Morgan fingerprint density at radius 2 is 2.00 bits per heavy atom. The average Bonchev–Trinajstić information content (AvgIpc) is 3.22. The molecule has 2 aromatic heterocycles. The van der Waals surface area contributed by atoms with Crippen molar-refractivity contribution in [3.05, 3.63) is 29.2 Å². The first-order valence-corrected chi connectivity index (χ1v) is 8.14. The molecule has 0 N–H and O–H groups in total. The third-order valence-corrected chi connectivity index (χ3v) is 4.97. The van der Waals surface area contributed by atoms with E-state index in [9.17, 15) is 4.79 Å². The molecule has 0 saturated carbocycles. The number of nitrogens with zero attached hydrogens (tertiary/aromatic N) is 6. The molecule has 0 radical (unpaired) electrons. The van der Waals surface area contributed by atoms with Gasteiger partial charge >= 0.3 is 0 Å². The lowest BCUT2D eigenvalue weighted by Gasteiger charge is -2.22. The molecule has 4 heterocycles. The lowest BCUT2D eigenvalue weighted by Crippen LogP contribution is -2.33. The standard InChI is InChI=1S/C14H16N6OS/c1-9-2-13(16-8-15-9)19-3-10-5-20(6-11(10)4-19)14(21)12-7-22-18-17-12/h2,7-8,10-11H,3-6H2,1H3. The Hall–Kier alpha value is -2.09. The van der Waals surface area contributed by atoms with E-state index in [-0.39, 0.29) is 5.91 Å². The Labute approximate surface area is 132 Å². The SMILES string of the molecule is Cc1cc(N2CC3CN(C(=O)c4csnn4)CC3C2)ncn1. The summed E-state index contributed by atoms with van der Waals surface area (Å²) in [6, 6.07) is 2.02. The molecule has 0 aliphatic carbocycles. The molecule has 0 spiro atoms. The lowest BCUT2D eigenvalue weighted by molar-refractivity contribution is 0.0777. The number of likely N-dealkylation sites (tertiary alicyclic amines) is 1. The monoisotopic (exact) mass is 316 g/mol. The predicted octanol–water partition coefficient (Wildman–Crippen LogP) is 0.845. The molecular formula is C14H16N6OS. The van der Waals surface area contributed by atoms with Gasteiger partial charge in [0, 0.05) is 55.2 Å². The van der Waals surface area contributed by atoms with E-state index in [1.54, 1.807) is 11.7 Å². The van der Waals surface area contributed by atoms with E-state index in [1.807, 2.05) is 17.9 Å². The molecule has 2 atom stereocenters.